The number of benzene rings is 1. The smallest absolute Gasteiger partial charge is 0.305 e. The van der Waals surface area contributed by atoms with Gasteiger partial charge in [0.2, 0.25) is 0 Å². The zero-order chi connectivity index (χ0) is 20.1. The lowest BCUT2D eigenvalue weighted by Gasteiger charge is -2.53. The van der Waals surface area contributed by atoms with Gasteiger partial charge in [0, 0.05) is 25.7 Å². The molecule has 0 N–H and O–H groups in total. The molecule has 3 aliphatic carbocycles. The van der Waals surface area contributed by atoms with E-state index in [4.69, 9.17) is 14.2 Å². The van der Waals surface area contributed by atoms with Crippen LogP contribution < -0.4 is 4.74 Å². The molecule has 4 rings (SSSR count). The number of esters is 2. The Kier molecular flexibility index (Phi) is 4.67. The van der Waals surface area contributed by atoms with Crippen LogP contribution in [0, 0.1) is 17.3 Å². The van der Waals surface area contributed by atoms with Gasteiger partial charge in [0.1, 0.15) is 5.75 Å². The predicted octanol–water partition coefficient (Wildman–Crippen LogP) is 4.37. The Hall–Kier alpha value is -2.04. The van der Waals surface area contributed by atoms with Crippen molar-refractivity contribution in [3.05, 3.63) is 29.3 Å². The standard InChI is InChI=1S/C23H30O5/c1-14(24)27-23(28-15(2)25)12-10-21-20-7-5-16-13-17(26-4)6-8-18(16)19(20)9-11-22(21,23)3/h6,8,13,19-21H,5,7,9-12H2,1-4H3/t19?,20?,21?,22-/m0/s1. The topological polar surface area (TPSA) is 61.8 Å². The molecule has 0 radical (unpaired) electrons. The molecule has 4 atom stereocenters. The maximum Gasteiger partial charge on any atom is 0.305 e. The van der Waals surface area contributed by atoms with Crippen molar-refractivity contribution < 1.29 is 23.8 Å². The lowest BCUT2D eigenvalue weighted by Crippen LogP contribution is -2.54. The Bertz CT molecular complexity index is 784. The third kappa shape index (κ3) is 2.82. The molecule has 5 nitrogen and oxygen atoms in total. The zero-order valence-electron chi connectivity index (χ0n) is 17.2. The van der Waals surface area contributed by atoms with E-state index in [1.54, 1.807) is 7.11 Å². The van der Waals surface area contributed by atoms with Crippen LogP contribution in [0.5, 0.6) is 5.75 Å². The third-order valence-electron chi connectivity index (χ3n) is 7.60. The van der Waals surface area contributed by atoms with Gasteiger partial charge in [0.15, 0.2) is 0 Å². The maximum atomic E-state index is 11.9. The minimum absolute atomic E-state index is 0.338. The summed E-state index contributed by atoms with van der Waals surface area (Å²) in [7, 11) is 1.71. The Morgan fingerprint density at radius 1 is 1.04 bits per heavy atom. The highest BCUT2D eigenvalue weighted by atomic mass is 16.7. The molecule has 3 unspecified atom stereocenters. The molecule has 0 bridgehead atoms. The first kappa shape index (κ1) is 19.3. The number of fused-ring (bicyclic) bond motifs is 5. The summed E-state index contributed by atoms with van der Waals surface area (Å²) in [5.41, 5.74) is 2.50. The van der Waals surface area contributed by atoms with E-state index in [1.165, 1.54) is 25.0 Å². The average Bonchev–Trinajstić information content (AvgIpc) is 2.92. The van der Waals surface area contributed by atoms with E-state index in [9.17, 15) is 9.59 Å². The van der Waals surface area contributed by atoms with Gasteiger partial charge < -0.3 is 14.2 Å². The quantitative estimate of drug-likeness (QED) is 0.570. The summed E-state index contributed by atoms with van der Waals surface area (Å²) in [5, 5.41) is 0. The largest absolute Gasteiger partial charge is 0.497 e. The molecule has 0 aliphatic heterocycles. The highest BCUT2D eigenvalue weighted by molar-refractivity contribution is 5.69. The van der Waals surface area contributed by atoms with E-state index >= 15 is 0 Å². The van der Waals surface area contributed by atoms with Crippen molar-refractivity contribution in [1.82, 2.24) is 0 Å². The van der Waals surface area contributed by atoms with Gasteiger partial charge in [-0.15, -0.1) is 0 Å². The van der Waals surface area contributed by atoms with Crippen LogP contribution in [0.3, 0.4) is 0 Å². The lowest BCUT2D eigenvalue weighted by molar-refractivity contribution is -0.270. The second-order valence-corrected chi connectivity index (χ2v) is 8.92. The van der Waals surface area contributed by atoms with Crippen LogP contribution in [-0.2, 0) is 25.5 Å². The summed E-state index contributed by atoms with van der Waals surface area (Å²) in [6.07, 6.45) is 5.55. The SMILES string of the molecule is COc1ccc2c(c1)CCC1C2CC[C@@]2(C)C1CCC2(OC(C)=O)OC(C)=O. The highest BCUT2D eigenvalue weighted by Crippen LogP contribution is 2.65. The third-order valence-corrected chi connectivity index (χ3v) is 7.60. The van der Waals surface area contributed by atoms with Crippen molar-refractivity contribution in [1.29, 1.82) is 0 Å². The summed E-state index contributed by atoms with van der Waals surface area (Å²) in [6, 6.07) is 6.47. The van der Waals surface area contributed by atoms with Crippen molar-refractivity contribution in [3.8, 4) is 5.75 Å². The van der Waals surface area contributed by atoms with Crippen LogP contribution in [-0.4, -0.2) is 24.8 Å². The molecule has 0 spiro atoms. The summed E-state index contributed by atoms with van der Waals surface area (Å²) >= 11 is 0. The van der Waals surface area contributed by atoms with Gasteiger partial charge in [0.25, 0.3) is 5.79 Å². The average molecular weight is 386 g/mol. The molecule has 0 saturated heterocycles. The van der Waals surface area contributed by atoms with Crippen LogP contribution in [0.25, 0.3) is 0 Å². The second-order valence-electron chi connectivity index (χ2n) is 8.92. The number of rotatable bonds is 3. The fourth-order valence-corrected chi connectivity index (χ4v) is 6.46. The molecule has 2 saturated carbocycles. The molecule has 0 amide bonds. The minimum Gasteiger partial charge on any atom is -0.497 e. The van der Waals surface area contributed by atoms with E-state index in [1.807, 2.05) is 0 Å². The molecule has 0 heterocycles. The molecule has 28 heavy (non-hydrogen) atoms. The number of hydrogen-bond donors (Lipinski definition) is 0. The van der Waals surface area contributed by atoms with Crippen LogP contribution >= 0.6 is 0 Å². The van der Waals surface area contributed by atoms with E-state index in [-0.39, 0.29) is 17.4 Å². The van der Waals surface area contributed by atoms with E-state index in [0.29, 0.717) is 24.2 Å². The highest BCUT2D eigenvalue weighted by Gasteiger charge is 2.66. The van der Waals surface area contributed by atoms with Crippen LogP contribution in [0.1, 0.15) is 69.9 Å². The Morgan fingerprint density at radius 3 is 2.39 bits per heavy atom. The van der Waals surface area contributed by atoms with Gasteiger partial charge in [-0.3, -0.25) is 9.59 Å². The maximum absolute atomic E-state index is 11.9. The first-order valence-corrected chi connectivity index (χ1v) is 10.4. The predicted molar refractivity (Wildman–Crippen MR) is 104 cm³/mol. The van der Waals surface area contributed by atoms with Gasteiger partial charge >= 0.3 is 11.9 Å². The van der Waals surface area contributed by atoms with E-state index < -0.39 is 5.79 Å². The monoisotopic (exact) mass is 386 g/mol. The summed E-state index contributed by atoms with van der Waals surface area (Å²) in [4.78, 5) is 23.8. The number of carbonyl (C=O) groups excluding carboxylic acids is 2. The number of methoxy groups -OCH3 is 1. The number of carbonyl (C=O) groups is 2. The Morgan fingerprint density at radius 2 is 1.75 bits per heavy atom. The Balaban J connectivity index is 1.68. The molecule has 2 fully saturated rings. The number of hydrogen-bond acceptors (Lipinski definition) is 5. The molecule has 3 aliphatic rings. The van der Waals surface area contributed by atoms with E-state index in [2.05, 4.69) is 25.1 Å². The van der Waals surface area contributed by atoms with Gasteiger partial charge in [-0.05, 0) is 73.1 Å². The lowest BCUT2D eigenvalue weighted by atomic mass is 9.55. The number of aryl methyl sites for hydroxylation is 1. The number of ether oxygens (including phenoxy) is 3. The van der Waals surface area contributed by atoms with Gasteiger partial charge in [0.05, 0.1) is 7.11 Å². The van der Waals surface area contributed by atoms with Crippen molar-refractivity contribution in [3.63, 3.8) is 0 Å². The minimum atomic E-state index is -1.12. The fraction of sp³-hybridized carbons (Fsp3) is 0.652. The first-order valence-electron chi connectivity index (χ1n) is 10.4. The first-order chi connectivity index (χ1) is 13.3. The molecule has 5 heteroatoms. The molecular weight excluding hydrogens is 356 g/mol. The normalized spacial score (nSPS) is 32.5. The molecule has 1 aromatic carbocycles. The van der Waals surface area contributed by atoms with Crippen molar-refractivity contribution in [2.24, 2.45) is 17.3 Å². The molecule has 1 aromatic rings. The molecule has 0 aromatic heterocycles. The van der Waals surface area contributed by atoms with Crippen molar-refractivity contribution in [2.75, 3.05) is 7.11 Å². The summed E-state index contributed by atoms with van der Waals surface area (Å²) in [5.74, 6) is 0.437. The van der Waals surface area contributed by atoms with E-state index in [0.717, 1.165) is 37.9 Å². The van der Waals surface area contributed by atoms with Crippen molar-refractivity contribution >= 4 is 11.9 Å². The van der Waals surface area contributed by atoms with Gasteiger partial charge in [-0.2, -0.15) is 0 Å². The van der Waals surface area contributed by atoms with Crippen LogP contribution in [0.15, 0.2) is 18.2 Å². The summed E-state index contributed by atoms with van der Waals surface area (Å²) < 4.78 is 16.9. The molecular formula is C23H30O5. The zero-order valence-corrected chi connectivity index (χ0v) is 17.2. The van der Waals surface area contributed by atoms with Crippen LogP contribution in [0.4, 0.5) is 0 Å². The van der Waals surface area contributed by atoms with Crippen molar-refractivity contribution in [2.45, 2.75) is 71.0 Å². The van der Waals surface area contributed by atoms with Gasteiger partial charge in [-0.1, -0.05) is 13.0 Å². The van der Waals surface area contributed by atoms with Crippen LogP contribution in [0.2, 0.25) is 0 Å². The fourth-order valence-electron chi connectivity index (χ4n) is 6.46. The Labute approximate surface area is 166 Å². The molecule has 152 valence electrons. The van der Waals surface area contributed by atoms with Gasteiger partial charge in [-0.25, -0.2) is 0 Å². The second kappa shape index (κ2) is 6.78. The summed E-state index contributed by atoms with van der Waals surface area (Å²) in [6.45, 7) is 4.96.